The molecule has 0 spiro atoms. The first kappa shape index (κ1) is 20.5. The molecule has 9 heteroatoms. The highest BCUT2D eigenvalue weighted by Gasteiger charge is 2.51. The number of halogens is 4. The normalized spacial score (nSPS) is 19.6. The number of anilines is 1. The van der Waals surface area contributed by atoms with Crippen LogP contribution in [0.3, 0.4) is 0 Å². The van der Waals surface area contributed by atoms with E-state index in [0.717, 1.165) is 12.1 Å². The van der Waals surface area contributed by atoms with Crippen molar-refractivity contribution in [2.45, 2.75) is 18.3 Å². The van der Waals surface area contributed by atoms with Gasteiger partial charge in [-0.05, 0) is 60.2 Å². The minimum atomic E-state index is -4.53. The van der Waals surface area contributed by atoms with Gasteiger partial charge in [0.1, 0.15) is 11.8 Å². The SMILES string of the molecule is O=C1[C@@H](Oc2ccc(Cl)cc2)[C@H](c2ccc3c(c2)OCO3)N1c1cccc(C(F)(F)F)c1. The molecule has 2 heterocycles. The molecular weight excluding hydrogens is 447 g/mol. The first-order chi connectivity index (χ1) is 15.3. The smallest absolute Gasteiger partial charge is 0.416 e. The van der Waals surface area contributed by atoms with Gasteiger partial charge < -0.3 is 14.2 Å². The van der Waals surface area contributed by atoms with Crippen molar-refractivity contribution in [1.82, 2.24) is 0 Å². The van der Waals surface area contributed by atoms with Gasteiger partial charge in [0.2, 0.25) is 12.9 Å². The second-order valence-corrected chi connectivity index (χ2v) is 7.74. The van der Waals surface area contributed by atoms with Gasteiger partial charge in [0.25, 0.3) is 5.91 Å². The number of alkyl halides is 3. The third-order valence-corrected chi connectivity index (χ3v) is 5.56. The highest BCUT2D eigenvalue weighted by atomic mass is 35.5. The maximum Gasteiger partial charge on any atom is 0.416 e. The fraction of sp³-hybridized carbons (Fsp3) is 0.174. The fourth-order valence-electron chi connectivity index (χ4n) is 3.78. The number of fused-ring (bicyclic) bond motifs is 1. The van der Waals surface area contributed by atoms with Crippen molar-refractivity contribution in [2.75, 3.05) is 11.7 Å². The highest BCUT2D eigenvalue weighted by molar-refractivity contribution is 6.30. The molecule has 164 valence electrons. The van der Waals surface area contributed by atoms with E-state index >= 15 is 0 Å². The Morgan fingerprint density at radius 3 is 2.47 bits per heavy atom. The number of rotatable bonds is 4. The second-order valence-electron chi connectivity index (χ2n) is 7.31. The van der Waals surface area contributed by atoms with Crippen LogP contribution in [0.4, 0.5) is 18.9 Å². The molecule has 3 aromatic carbocycles. The van der Waals surface area contributed by atoms with Crippen LogP contribution in [0, 0.1) is 0 Å². The molecule has 3 aromatic rings. The minimum absolute atomic E-state index is 0.0738. The van der Waals surface area contributed by atoms with Crippen molar-refractivity contribution in [1.29, 1.82) is 0 Å². The van der Waals surface area contributed by atoms with Crippen LogP contribution in [0.5, 0.6) is 17.2 Å². The summed E-state index contributed by atoms with van der Waals surface area (Å²) in [6.07, 6.45) is -5.47. The van der Waals surface area contributed by atoms with E-state index in [2.05, 4.69) is 0 Å². The molecule has 0 radical (unpaired) electrons. The summed E-state index contributed by atoms with van der Waals surface area (Å²) < 4.78 is 56.4. The van der Waals surface area contributed by atoms with Crippen LogP contribution in [0.15, 0.2) is 66.7 Å². The summed E-state index contributed by atoms with van der Waals surface area (Å²) in [7, 11) is 0. The van der Waals surface area contributed by atoms with Gasteiger partial charge in [-0.25, -0.2) is 0 Å². The molecule has 2 aliphatic rings. The Bertz CT molecular complexity index is 1180. The van der Waals surface area contributed by atoms with E-state index in [0.29, 0.717) is 27.8 Å². The lowest BCUT2D eigenvalue weighted by Gasteiger charge is -2.46. The summed E-state index contributed by atoms with van der Waals surface area (Å²) in [5, 5.41) is 0.509. The van der Waals surface area contributed by atoms with Gasteiger partial charge in [0.15, 0.2) is 11.5 Å². The molecule has 5 nitrogen and oxygen atoms in total. The van der Waals surface area contributed by atoms with Gasteiger partial charge in [0, 0.05) is 10.7 Å². The zero-order valence-electron chi connectivity index (χ0n) is 16.3. The van der Waals surface area contributed by atoms with Crippen LogP contribution in [0.2, 0.25) is 5.02 Å². The first-order valence-electron chi connectivity index (χ1n) is 9.63. The summed E-state index contributed by atoms with van der Waals surface area (Å²) in [6.45, 7) is 0.0738. The number of carbonyl (C=O) groups is 1. The molecule has 0 aromatic heterocycles. The molecule has 0 saturated carbocycles. The van der Waals surface area contributed by atoms with Crippen LogP contribution in [-0.2, 0) is 11.0 Å². The van der Waals surface area contributed by atoms with Gasteiger partial charge in [-0.3, -0.25) is 9.69 Å². The van der Waals surface area contributed by atoms with Crippen molar-refractivity contribution in [3.63, 3.8) is 0 Å². The Balaban J connectivity index is 1.53. The van der Waals surface area contributed by atoms with Gasteiger partial charge in [-0.1, -0.05) is 23.7 Å². The lowest BCUT2D eigenvalue weighted by Crippen LogP contribution is -2.61. The number of carbonyl (C=O) groups excluding carboxylic acids is 1. The van der Waals surface area contributed by atoms with Gasteiger partial charge >= 0.3 is 6.18 Å². The van der Waals surface area contributed by atoms with E-state index in [9.17, 15) is 18.0 Å². The second kappa shape index (κ2) is 7.63. The molecule has 2 aliphatic heterocycles. The molecule has 1 saturated heterocycles. The average molecular weight is 462 g/mol. The summed E-state index contributed by atoms with van der Waals surface area (Å²) >= 11 is 5.91. The van der Waals surface area contributed by atoms with Crippen molar-refractivity contribution >= 4 is 23.2 Å². The van der Waals surface area contributed by atoms with Crippen LogP contribution < -0.4 is 19.1 Å². The quantitative estimate of drug-likeness (QED) is 0.473. The molecule has 0 bridgehead atoms. The van der Waals surface area contributed by atoms with E-state index < -0.39 is 29.8 Å². The van der Waals surface area contributed by atoms with Crippen molar-refractivity contribution in [2.24, 2.45) is 0 Å². The first-order valence-corrected chi connectivity index (χ1v) is 10.0. The fourth-order valence-corrected chi connectivity index (χ4v) is 3.90. The number of amides is 1. The third-order valence-electron chi connectivity index (χ3n) is 5.31. The number of benzene rings is 3. The predicted octanol–water partition coefficient (Wildman–Crippen LogP) is 5.62. The number of hydrogen-bond donors (Lipinski definition) is 0. The molecule has 32 heavy (non-hydrogen) atoms. The van der Waals surface area contributed by atoms with Gasteiger partial charge in [0.05, 0.1) is 5.56 Å². The Labute approximate surface area is 185 Å². The highest BCUT2D eigenvalue weighted by Crippen LogP contribution is 2.45. The number of nitrogens with zero attached hydrogens (tertiary/aromatic N) is 1. The summed E-state index contributed by atoms with van der Waals surface area (Å²) in [6, 6.07) is 15.6. The number of β-lactam (4-membered cyclic amide) rings is 1. The molecule has 0 N–H and O–H groups in total. The monoisotopic (exact) mass is 461 g/mol. The van der Waals surface area contributed by atoms with Crippen LogP contribution in [0.25, 0.3) is 0 Å². The molecule has 2 atom stereocenters. The topological polar surface area (TPSA) is 48.0 Å². The summed E-state index contributed by atoms with van der Waals surface area (Å²) in [5.74, 6) is 1.01. The van der Waals surface area contributed by atoms with E-state index in [1.54, 1.807) is 42.5 Å². The zero-order valence-corrected chi connectivity index (χ0v) is 17.1. The van der Waals surface area contributed by atoms with Gasteiger partial charge in [-0.15, -0.1) is 0 Å². The minimum Gasteiger partial charge on any atom is -0.478 e. The zero-order chi connectivity index (χ0) is 22.5. The lowest BCUT2D eigenvalue weighted by atomic mass is 9.89. The predicted molar refractivity (Wildman–Crippen MR) is 110 cm³/mol. The maximum atomic E-state index is 13.2. The molecule has 1 fully saturated rings. The summed E-state index contributed by atoms with van der Waals surface area (Å²) in [5.41, 5.74) is -0.0667. The Morgan fingerprint density at radius 1 is 0.969 bits per heavy atom. The van der Waals surface area contributed by atoms with Crippen molar-refractivity contribution < 1.29 is 32.2 Å². The van der Waals surface area contributed by atoms with Crippen LogP contribution in [0.1, 0.15) is 17.2 Å². The molecule has 0 aliphatic carbocycles. The van der Waals surface area contributed by atoms with E-state index in [-0.39, 0.29) is 12.5 Å². The van der Waals surface area contributed by atoms with Gasteiger partial charge in [-0.2, -0.15) is 13.2 Å². The van der Waals surface area contributed by atoms with Crippen molar-refractivity contribution in [3.05, 3.63) is 82.9 Å². The Morgan fingerprint density at radius 2 is 1.72 bits per heavy atom. The number of hydrogen-bond acceptors (Lipinski definition) is 4. The van der Waals surface area contributed by atoms with Crippen LogP contribution >= 0.6 is 11.6 Å². The maximum absolute atomic E-state index is 13.2. The number of ether oxygens (including phenoxy) is 3. The Kier molecular flexibility index (Phi) is 4.89. The molecule has 0 unspecified atom stereocenters. The van der Waals surface area contributed by atoms with E-state index in [1.807, 2.05) is 0 Å². The standard InChI is InChI=1S/C23H15ClF3NO4/c24-15-5-7-17(8-6-15)32-21-20(13-4-9-18-19(10-13)31-12-30-18)28(22(21)29)16-3-1-2-14(11-16)23(25,26)27/h1-11,20-21H,12H2/t20-,21-/m0/s1. The van der Waals surface area contributed by atoms with E-state index in [1.165, 1.54) is 17.0 Å². The van der Waals surface area contributed by atoms with Crippen molar-refractivity contribution in [3.8, 4) is 17.2 Å². The third kappa shape index (κ3) is 3.60. The lowest BCUT2D eigenvalue weighted by molar-refractivity contribution is -0.138. The van der Waals surface area contributed by atoms with Crippen LogP contribution in [-0.4, -0.2) is 18.8 Å². The average Bonchev–Trinajstić information content (AvgIpc) is 3.24. The molecule has 5 rings (SSSR count). The Hall–Kier alpha value is -3.39. The largest absolute Gasteiger partial charge is 0.478 e. The van der Waals surface area contributed by atoms with E-state index in [4.69, 9.17) is 25.8 Å². The summed E-state index contributed by atoms with van der Waals surface area (Å²) in [4.78, 5) is 14.3. The molecule has 1 amide bonds. The molecular formula is C23H15ClF3NO4.